The predicted molar refractivity (Wildman–Crippen MR) is 94.3 cm³/mol. The van der Waals surface area contributed by atoms with E-state index in [2.05, 4.69) is 15.5 Å². The molecule has 0 saturated carbocycles. The van der Waals surface area contributed by atoms with Crippen molar-refractivity contribution in [1.82, 2.24) is 10.2 Å². The molecule has 2 aromatic heterocycles. The second-order valence-corrected chi connectivity index (χ2v) is 5.83. The van der Waals surface area contributed by atoms with Gasteiger partial charge in [0.25, 0.3) is 5.91 Å². The Morgan fingerprint density at radius 2 is 2.00 bits per heavy atom. The van der Waals surface area contributed by atoms with E-state index in [0.29, 0.717) is 28.5 Å². The van der Waals surface area contributed by atoms with Gasteiger partial charge in [0, 0.05) is 10.9 Å². The maximum atomic E-state index is 12.7. The minimum absolute atomic E-state index is 0.210. The molecule has 0 spiro atoms. The molecule has 1 aliphatic rings. The Balaban J connectivity index is 1.47. The van der Waals surface area contributed by atoms with E-state index in [1.165, 1.54) is 6.26 Å². The van der Waals surface area contributed by atoms with Crippen molar-refractivity contribution in [3.05, 3.63) is 60.5 Å². The maximum absolute atomic E-state index is 12.7. The molecule has 2 N–H and O–H groups in total. The van der Waals surface area contributed by atoms with Gasteiger partial charge < -0.3 is 19.2 Å². The van der Waals surface area contributed by atoms with Gasteiger partial charge in [-0.3, -0.25) is 9.89 Å². The van der Waals surface area contributed by atoms with E-state index in [4.69, 9.17) is 13.9 Å². The highest BCUT2D eigenvalue weighted by molar-refractivity contribution is 6.12. The van der Waals surface area contributed by atoms with Crippen LogP contribution in [0, 0.1) is 0 Å². The zero-order valence-corrected chi connectivity index (χ0v) is 13.5. The van der Waals surface area contributed by atoms with Gasteiger partial charge >= 0.3 is 0 Å². The summed E-state index contributed by atoms with van der Waals surface area (Å²) in [4.78, 5) is 12.7. The molecule has 128 valence electrons. The number of ether oxygens (including phenoxy) is 2. The van der Waals surface area contributed by atoms with Gasteiger partial charge in [0.15, 0.2) is 11.5 Å². The number of nitrogens with zero attached hydrogens (tertiary/aromatic N) is 1. The van der Waals surface area contributed by atoms with Crippen molar-refractivity contribution in [2.24, 2.45) is 0 Å². The SMILES string of the molecule is O=C(Nc1[nH]ncc1-c1ccc2c(c1)OCO2)c1coc2ccccc12. The number of carbonyl (C=O) groups excluding carboxylic acids is 1. The zero-order valence-electron chi connectivity index (χ0n) is 13.5. The highest BCUT2D eigenvalue weighted by Crippen LogP contribution is 2.37. The van der Waals surface area contributed by atoms with Crippen LogP contribution in [0.2, 0.25) is 0 Å². The Morgan fingerprint density at radius 3 is 2.96 bits per heavy atom. The van der Waals surface area contributed by atoms with E-state index in [9.17, 15) is 4.79 Å². The third-order valence-electron chi connectivity index (χ3n) is 4.29. The molecule has 2 aromatic carbocycles. The summed E-state index contributed by atoms with van der Waals surface area (Å²) < 4.78 is 16.2. The Morgan fingerprint density at radius 1 is 1.12 bits per heavy atom. The molecule has 1 amide bonds. The number of para-hydroxylation sites is 1. The smallest absolute Gasteiger partial charge is 0.260 e. The van der Waals surface area contributed by atoms with Crippen LogP contribution in [-0.2, 0) is 0 Å². The summed E-state index contributed by atoms with van der Waals surface area (Å²) in [6, 6.07) is 13.0. The van der Waals surface area contributed by atoms with Crippen molar-refractivity contribution in [3.63, 3.8) is 0 Å². The monoisotopic (exact) mass is 347 g/mol. The molecule has 0 saturated heterocycles. The fourth-order valence-corrected chi connectivity index (χ4v) is 3.00. The molecule has 0 aliphatic carbocycles. The molecule has 0 radical (unpaired) electrons. The summed E-state index contributed by atoms with van der Waals surface area (Å²) in [5.74, 6) is 1.59. The van der Waals surface area contributed by atoms with Crippen LogP contribution in [-0.4, -0.2) is 22.9 Å². The van der Waals surface area contributed by atoms with E-state index >= 15 is 0 Å². The molecular weight excluding hydrogens is 334 g/mol. The third kappa shape index (κ3) is 2.29. The number of nitrogens with one attached hydrogen (secondary N) is 2. The van der Waals surface area contributed by atoms with Crippen LogP contribution in [0.15, 0.2) is 59.3 Å². The highest BCUT2D eigenvalue weighted by atomic mass is 16.7. The molecule has 0 atom stereocenters. The number of hydrogen-bond acceptors (Lipinski definition) is 5. The highest BCUT2D eigenvalue weighted by Gasteiger charge is 2.19. The van der Waals surface area contributed by atoms with Gasteiger partial charge in [0.1, 0.15) is 17.7 Å². The largest absolute Gasteiger partial charge is 0.463 e. The lowest BCUT2D eigenvalue weighted by molar-refractivity contribution is 0.102. The topological polar surface area (TPSA) is 89.4 Å². The van der Waals surface area contributed by atoms with Crippen molar-refractivity contribution in [1.29, 1.82) is 0 Å². The lowest BCUT2D eigenvalue weighted by Crippen LogP contribution is -2.12. The van der Waals surface area contributed by atoms with Gasteiger partial charge in [-0.05, 0) is 23.8 Å². The average Bonchev–Trinajstić information content (AvgIpc) is 3.39. The molecular formula is C19H13N3O4. The van der Waals surface area contributed by atoms with Crippen molar-refractivity contribution in [3.8, 4) is 22.6 Å². The van der Waals surface area contributed by atoms with Crippen molar-refractivity contribution in [2.45, 2.75) is 0 Å². The quantitative estimate of drug-likeness (QED) is 0.588. The summed E-state index contributed by atoms with van der Waals surface area (Å²) in [6.07, 6.45) is 3.11. The number of fused-ring (bicyclic) bond motifs is 2. The first-order chi connectivity index (χ1) is 12.8. The Kier molecular flexibility index (Phi) is 3.18. The maximum Gasteiger partial charge on any atom is 0.260 e. The number of carbonyl (C=O) groups is 1. The van der Waals surface area contributed by atoms with Crippen LogP contribution >= 0.6 is 0 Å². The van der Waals surface area contributed by atoms with Gasteiger partial charge in [0.05, 0.1) is 11.8 Å². The number of aromatic amines is 1. The van der Waals surface area contributed by atoms with Crippen molar-refractivity contribution in [2.75, 3.05) is 12.1 Å². The van der Waals surface area contributed by atoms with E-state index < -0.39 is 0 Å². The summed E-state index contributed by atoms with van der Waals surface area (Å²) in [6.45, 7) is 0.210. The summed E-state index contributed by atoms with van der Waals surface area (Å²) in [5.41, 5.74) is 2.74. The number of benzene rings is 2. The van der Waals surface area contributed by atoms with Crippen LogP contribution in [0.5, 0.6) is 11.5 Å². The average molecular weight is 347 g/mol. The molecule has 4 aromatic rings. The van der Waals surface area contributed by atoms with Crippen LogP contribution in [0.4, 0.5) is 5.82 Å². The van der Waals surface area contributed by atoms with Gasteiger partial charge in [-0.1, -0.05) is 24.3 Å². The first-order valence-electron chi connectivity index (χ1n) is 8.00. The minimum atomic E-state index is -0.277. The first-order valence-corrected chi connectivity index (χ1v) is 8.00. The normalized spacial score (nSPS) is 12.5. The summed E-state index contributed by atoms with van der Waals surface area (Å²) in [5, 5.41) is 10.5. The number of anilines is 1. The van der Waals surface area contributed by atoms with E-state index in [1.54, 1.807) is 6.20 Å². The van der Waals surface area contributed by atoms with E-state index in [0.717, 1.165) is 16.5 Å². The summed E-state index contributed by atoms with van der Waals surface area (Å²) >= 11 is 0. The molecule has 7 heteroatoms. The molecule has 3 heterocycles. The predicted octanol–water partition coefficient (Wildman–Crippen LogP) is 3.80. The van der Waals surface area contributed by atoms with Crippen molar-refractivity contribution < 1.29 is 18.7 Å². The third-order valence-corrected chi connectivity index (χ3v) is 4.29. The molecule has 0 bridgehead atoms. The minimum Gasteiger partial charge on any atom is -0.463 e. The number of rotatable bonds is 3. The van der Waals surface area contributed by atoms with Gasteiger partial charge in [-0.15, -0.1) is 0 Å². The lowest BCUT2D eigenvalue weighted by Gasteiger charge is -2.06. The lowest BCUT2D eigenvalue weighted by atomic mass is 10.1. The fraction of sp³-hybridized carbons (Fsp3) is 0.0526. The van der Waals surface area contributed by atoms with Crippen LogP contribution in [0.3, 0.4) is 0 Å². The van der Waals surface area contributed by atoms with Gasteiger partial charge in [0.2, 0.25) is 6.79 Å². The second kappa shape index (κ2) is 5.66. The van der Waals surface area contributed by atoms with Crippen LogP contribution < -0.4 is 14.8 Å². The standard InChI is InChI=1S/C19H13N3O4/c23-19(14-9-24-15-4-2-1-3-12(14)15)21-18-13(8-20-22-18)11-5-6-16-17(7-11)26-10-25-16/h1-9H,10H2,(H2,20,21,22,23). The number of furan rings is 1. The Labute approximate surface area is 147 Å². The van der Waals surface area contributed by atoms with Crippen LogP contribution in [0.25, 0.3) is 22.1 Å². The molecule has 26 heavy (non-hydrogen) atoms. The zero-order chi connectivity index (χ0) is 17.5. The molecule has 1 aliphatic heterocycles. The first kappa shape index (κ1) is 14.6. The number of H-pyrrole nitrogens is 1. The second-order valence-electron chi connectivity index (χ2n) is 5.83. The number of aromatic nitrogens is 2. The van der Waals surface area contributed by atoms with E-state index in [1.807, 2.05) is 42.5 Å². The molecule has 5 rings (SSSR count). The van der Waals surface area contributed by atoms with Crippen molar-refractivity contribution >= 4 is 22.7 Å². The number of hydrogen-bond donors (Lipinski definition) is 2. The summed E-state index contributed by atoms with van der Waals surface area (Å²) in [7, 11) is 0. The molecule has 0 unspecified atom stereocenters. The Bertz CT molecular complexity index is 1130. The van der Waals surface area contributed by atoms with Crippen LogP contribution in [0.1, 0.15) is 10.4 Å². The Hall–Kier alpha value is -3.74. The van der Waals surface area contributed by atoms with Gasteiger partial charge in [-0.25, -0.2) is 0 Å². The number of amides is 1. The fourth-order valence-electron chi connectivity index (χ4n) is 3.00. The van der Waals surface area contributed by atoms with Gasteiger partial charge in [-0.2, -0.15) is 5.10 Å². The molecule has 0 fully saturated rings. The van der Waals surface area contributed by atoms with E-state index in [-0.39, 0.29) is 12.7 Å². The molecule has 7 nitrogen and oxygen atoms in total.